The molecule has 1 aliphatic rings. The molecule has 0 aliphatic carbocycles. The molecule has 1 aliphatic heterocycles. The van der Waals surface area contributed by atoms with Gasteiger partial charge in [0.25, 0.3) is 0 Å². The van der Waals surface area contributed by atoms with Crippen molar-refractivity contribution in [1.29, 1.82) is 0 Å². The number of carbonyl (C=O) groups is 1. The molecule has 0 aromatic carbocycles. The molecule has 1 N–H and O–H groups in total. The molecule has 0 unspecified atom stereocenters. The van der Waals surface area contributed by atoms with Crippen molar-refractivity contribution in [3.8, 4) is 0 Å². The number of hydrogen-bond acceptors (Lipinski definition) is 4. The van der Waals surface area contributed by atoms with E-state index in [1.165, 1.54) is 0 Å². The average molecular weight is 246 g/mol. The molecule has 1 aromatic heterocycles. The summed E-state index contributed by atoms with van der Waals surface area (Å²) < 4.78 is 0. The van der Waals surface area contributed by atoms with Crippen LogP contribution in [-0.2, 0) is 4.79 Å². The van der Waals surface area contributed by atoms with Crippen LogP contribution in [0.25, 0.3) is 0 Å². The molecule has 5 nitrogen and oxygen atoms in total. The van der Waals surface area contributed by atoms with Crippen molar-refractivity contribution < 1.29 is 4.79 Å². The number of hydrogen-bond donors (Lipinski definition) is 1. The van der Waals surface area contributed by atoms with E-state index in [1.54, 1.807) is 24.5 Å². The highest BCUT2D eigenvalue weighted by Gasteiger charge is 2.26. The Morgan fingerprint density at radius 2 is 2.33 bits per heavy atom. The molecular weight excluding hydrogens is 228 g/mol. The van der Waals surface area contributed by atoms with Gasteiger partial charge in [-0.3, -0.25) is 4.79 Å². The van der Waals surface area contributed by atoms with Gasteiger partial charge in [0, 0.05) is 32.0 Å². The summed E-state index contributed by atoms with van der Waals surface area (Å²) in [6.07, 6.45) is 7.06. The maximum atomic E-state index is 11.9. The third-order valence-electron chi connectivity index (χ3n) is 3.05. The number of rotatable bonds is 4. The molecule has 0 saturated carbocycles. The van der Waals surface area contributed by atoms with Gasteiger partial charge in [0.2, 0.25) is 11.9 Å². The second-order valence-corrected chi connectivity index (χ2v) is 4.37. The Kier molecular flexibility index (Phi) is 4.28. The van der Waals surface area contributed by atoms with E-state index in [1.807, 2.05) is 0 Å². The predicted molar refractivity (Wildman–Crippen MR) is 70.2 cm³/mol. The molecule has 1 atom stereocenters. The van der Waals surface area contributed by atoms with E-state index in [2.05, 4.69) is 26.8 Å². The Hall–Kier alpha value is -1.91. The highest BCUT2D eigenvalue weighted by atomic mass is 16.1. The molecule has 0 spiro atoms. The lowest BCUT2D eigenvalue weighted by Gasteiger charge is -2.31. The lowest BCUT2D eigenvalue weighted by atomic mass is 9.97. The predicted octanol–water partition coefficient (Wildman–Crippen LogP) is 0.995. The van der Waals surface area contributed by atoms with Crippen molar-refractivity contribution in [3.63, 3.8) is 0 Å². The summed E-state index contributed by atoms with van der Waals surface area (Å²) in [6, 6.07) is 1.79. The smallest absolute Gasteiger partial charge is 0.225 e. The van der Waals surface area contributed by atoms with Gasteiger partial charge in [-0.05, 0) is 18.9 Å². The maximum absolute atomic E-state index is 11.9. The fourth-order valence-electron chi connectivity index (χ4n) is 2.14. The summed E-state index contributed by atoms with van der Waals surface area (Å²) in [6.45, 7) is 5.72. The Morgan fingerprint density at radius 1 is 1.56 bits per heavy atom. The van der Waals surface area contributed by atoms with Crippen molar-refractivity contribution in [1.82, 2.24) is 15.3 Å². The quantitative estimate of drug-likeness (QED) is 0.805. The van der Waals surface area contributed by atoms with Gasteiger partial charge in [0.1, 0.15) is 0 Å². The van der Waals surface area contributed by atoms with Gasteiger partial charge >= 0.3 is 0 Å². The van der Waals surface area contributed by atoms with Crippen LogP contribution in [0.4, 0.5) is 5.95 Å². The Morgan fingerprint density at radius 3 is 3.06 bits per heavy atom. The van der Waals surface area contributed by atoms with Crippen molar-refractivity contribution in [2.24, 2.45) is 5.92 Å². The fraction of sp³-hybridized carbons (Fsp3) is 0.462. The maximum Gasteiger partial charge on any atom is 0.225 e. The second-order valence-electron chi connectivity index (χ2n) is 4.37. The monoisotopic (exact) mass is 246 g/mol. The first-order valence-corrected chi connectivity index (χ1v) is 6.22. The molecule has 96 valence electrons. The minimum Gasteiger partial charge on any atom is -0.352 e. The molecular formula is C13H18N4O. The summed E-state index contributed by atoms with van der Waals surface area (Å²) >= 11 is 0. The van der Waals surface area contributed by atoms with E-state index in [0.29, 0.717) is 19.0 Å². The van der Waals surface area contributed by atoms with Crippen LogP contribution in [0.2, 0.25) is 0 Å². The Balaban J connectivity index is 1.96. The van der Waals surface area contributed by atoms with E-state index >= 15 is 0 Å². The second kappa shape index (κ2) is 6.14. The molecule has 2 rings (SSSR count). The lowest BCUT2D eigenvalue weighted by molar-refractivity contribution is -0.125. The van der Waals surface area contributed by atoms with E-state index in [-0.39, 0.29) is 11.8 Å². The van der Waals surface area contributed by atoms with Crippen LogP contribution < -0.4 is 10.2 Å². The normalized spacial score (nSPS) is 19.3. The number of aromatic nitrogens is 2. The van der Waals surface area contributed by atoms with E-state index in [4.69, 9.17) is 0 Å². The third kappa shape index (κ3) is 3.06. The molecule has 2 heterocycles. The number of piperidine rings is 1. The summed E-state index contributed by atoms with van der Waals surface area (Å²) in [5, 5.41) is 2.85. The zero-order valence-corrected chi connectivity index (χ0v) is 10.4. The zero-order valence-electron chi connectivity index (χ0n) is 10.4. The van der Waals surface area contributed by atoms with Crippen molar-refractivity contribution in [2.45, 2.75) is 12.8 Å². The van der Waals surface area contributed by atoms with Gasteiger partial charge < -0.3 is 10.2 Å². The van der Waals surface area contributed by atoms with Gasteiger partial charge in [0.15, 0.2) is 0 Å². The first-order valence-electron chi connectivity index (χ1n) is 6.22. The average Bonchev–Trinajstić information content (AvgIpc) is 2.46. The summed E-state index contributed by atoms with van der Waals surface area (Å²) in [5.41, 5.74) is 0. The molecule has 18 heavy (non-hydrogen) atoms. The summed E-state index contributed by atoms with van der Waals surface area (Å²) in [4.78, 5) is 22.4. The standard InChI is InChI=1S/C13H18N4O/c1-2-6-14-12(18)11-5-3-9-17(10-11)13-15-7-4-8-16-13/h2,4,7-8,11H,1,3,5-6,9-10H2,(H,14,18)/t11-/m1/s1. The number of amides is 1. The van der Waals surface area contributed by atoms with E-state index < -0.39 is 0 Å². The summed E-state index contributed by atoms with van der Waals surface area (Å²) in [7, 11) is 0. The third-order valence-corrected chi connectivity index (χ3v) is 3.05. The SMILES string of the molecule is C=CCNC(=O)[C@@H]1CCCN(c2ncccn2)C1. The van der Waals surface area contributed by atoms with Gasteiger partial charge in [0.05, 0.1) is 5.92 Å². The minimum absolute atomic E-state index is 0.0162. The van der Waals surface area contributed by atoms with E-state index in [0.717, 1.165) is 19.4 Å². The first-order chi connectivity index (χ1) is 8.81. The number of nitrogens with one attached hydrogen (secondary N) is 1. The van der Waals surface area contributed by atoms with Gasteiger partial charge in [-0.2, -0.15) is 0 Å². The lowest BCUT2D eigenvalue weighted by Crippen LogP contribution is -2.43. The van der Waals surface area contributed by atoms with Crippen LogP contribution in [0, 0.1) is 5.92 Å². The topological polar surface area (TPSA) is 58.1 Å². The molecule has 0 bridgehead atoms. The summed E-state index contributed by atoms with van der Waals surface area (Å²) in [5.74, 6) is 0.816. The molecule has 1 amide bonds. The Labute approximate surface area is 107 Å². The van der Waals surface area contributed by atoms with Crippen LogP contribution in [0.1, 0.15) is 12.8 Å². The van der Waals surface area contributed by atoms with Crippen LogP contribution in [-0.4, -0.2) is 35.5 Å². The molecule has 1 aromatic rings. The van der Waals surface area contributed by atoms with Crippen LogP contribution >= 0.6 is 0 Å². The zero-order chi connectivity index (χ0) is 12.8. The van der Waals surface area contributed by atoms with Crippen molar-refractivity contribution in [2.75, 3.05) is 24.5 Å². The molecule has 0 radical (unpaired) electrons. The first kappa shape index (κ1) is 12.5. The van der Waals surface area contributed by atoms with Gasteiger partial charge in [-0.15, -0.1) is 6.58 Å². The minimum atomic E-state index is 0.0162. The van der Waals surface area contributed by atoms with Crippen molar-refractivity contribution >= 4 is 11.9 Å². The molecule has 1 saturated heterocycles. The largest absolute Gasteiger partial charge is 0.352 e. The molecule has 5 heteroatoms. The van der Waals surface area contributed by atoms with Crippen LogP contribution in [0.3, 0.4) is 0 Å². The highest BCUT2D eigenvalue weighted by molar-refractivity contribution is 5.79. The molecule has 1 fully saturated rings. The Bertz CT molecular complexity index is 407. The highest BCUT2D eigenvalue weighted by Crippen LogP contribution is 2.19. The number of carbonyl (C=O) groups excluding carboxylic acids is 1. The van der Waals surface area contributed by atoms with Gasteiger partial charge in [-0.1, -0.05) is 6.08 Å². The number of anilines is 1. The van der Waals surface area contributed by atoms with Crippen LogP contribution in [0.15, 0.2) is 31.1 Å². The number of nitrogens with zero attached hydrogens (tertiary/aromatic N) is 3. The van der Waals surface area contributed by atoms with E-state index in [9.17, 15) is 4.79 Å². The fourth-order valence-corrected chi connectivity index (χ4v) is 2.14. The van der Waals surface area contributed by atoms with Crippen molar-refractivity contribution in [3.05, 3.63) is 31.1 Å². The van der Waals surface area contributed by atoms with Gasteiger partial charge in [-0.25, -0.2) is 9.97 Å². The van der Waals surface area contributed by atoms with Crippen LogP contribution in [0.5, 0.6) is 0 Å².